The number of carbonyl (C=O) groups excluding carboxylic acids is 12. The molecule has 0 aromatic carbocycles. The maximum Gasteiger partial charge on any atom is 0.270 e. The summed E-state index contributed by atoms with van der Waals surface area (Å²) in [6, 6.07) is -14.0. The first-order valence-corrected chi connectivity index (χ1v) is 30.6. The molecule has 0 aliphatic carbocycles. The Kier molecular flexibility index (Phi) is 28.6. The van der Waals surface area contributed by atoms with Crippen molar-refractivity contribution >= 4 is 71.3 Å². The highest BCUT2D eigenvalue weighted by Gasteiger charge is 2.55. The highest BCUT2D eigenvalue weighted by molar-refractivity contribution is 6.00. The van der Waals surface area contributed by atoms with Gasteiger partial charge < -0.3 is 55.5 Å². The molecule has 0 unspecified atom stereocenters. The van der Waals surface area contributed by atoms with Crippen LogP contribution in [-0.2, 0) is 62.4 Å². The number of carbonyl (C=O) groups is 12. The molecule has 2 heterocycles. The van der Waals surface area contributed by atoms with Crippen LogP contribution in [0.3, 0.4) is 0 Å². The maximum atomic E-state index is 15.1. The average Bonchev–Trinajstić information content (AvgIpc) is 1.17. The lowest BCUT2D eigenvalue weighted by Gasteiger charge is -2.50. The van der Waals surface area contributed by atoms with Gasteiger partial charge >= 0.3 is 0 Å². The lowest BCUT2D eigenvalue weighted by atomic mass is 9.83. The fourth-order valence-electron chi connectivity index (χ4n) is 11.1. The van der Waals surface area contributed by atoms with Gasteiger partial charge in [-0.15, -0.1) is 0 Å². The largest absolute Gasteiger partial charge is 0.343 e. The standard InChI is InChI=1S/C62H107N11O13/c1-25-27-28-38(13)49-48-53(77)65-42(26-2)57(81)67(19)41(16)56(80)72(24)50(62(17,18)32-74)54(78)66-46(36(9)10)60(84)68(20)43(29-33(3)4)52(76)63-39(14)51(75)64-40(15)55(79)69(21)44(30-34(5)6)58(82)70(22)45(31-35(7)8)59(83)71(23)47(37(11)12)61(85)73(48)86-49/h25,27,32-50H,26,28-31H2,1-24H3,(H,63,76)(H,64,75)(H,65,77)(H,66,78)/b27-25+/t38-,39+,40-,41-,42+,43+,44+,45+,46+,47+,48+,49-,50-/m1/s1. The molecule has 24 heteroatoms. The highest BCUT2D eigenvalue weighted by Crippen LogP contribution is 2.34. The molecule has 13 atom stereocenters. The van der Waals surface area contributed by atoms with E-state index in [-0.39, 0.29) is 49.4 Å². The van der Waals surface area contributed by atoms with E-state index in [1.54, 1.807) is 34.6 Å². The number of fused-ring (bicyclic) bond motifs is 1. The maximum absolute atomic E-state index is 15.1. The fraction of sp³-hybridized carbons (Fsp3) is 0.774. The van der Waals surface area contributed by atoms with Crippen LogP contribution in [-0.4, -0.2) is 221 Å². The van der Waals surface area contributed by atoms with E-state index < -0.39 is 155 Å². The molecule has 0 aromatic rings. The van der Waals surface area contributed by atoms with Crippen molar-refractivity contribution in [3.05, 3.63) is 12.2 Å². The Bertz CT molecular complexity index is 2460. The van der Waals surface area contributed by atoms with Crippen LogP contribution in [0.25, 0.3) is 0 Å². The second kappa shape index (κ2) is 32.5. The van der Waals surface area contributed by atoms with Crippen molar-refractivity contribution in [2.45, 2.75) is 229 Å². The molecule has 2 saturated heterocycles. The third kappa shape index (κ3) is 18.5. The van der Waals surface area contributed by atoms with E-state index in [0.717, 1.165) is 14.9 Å². The first kappa shape index (κ1) is 75.6. The molecule has 86 heavy (non-hydrogen) atoms. The Morgan fingerprint density at radius 2 is 0.988 bits per heavy atom. The molecule has 4 N–H and O–H groups in total. The van der Waals surface area contributed by atoms with Gasteiger partial charge in [-0.05, 0) is 95.3 Å². The van der Waals surface area contributed by atoms with Gasteiger partial charge in [-0.25, -0.2) is 5.06 Å². The summed E-state index contributed by atoms with van der Waals surface area (Å²) in [6.07, 6.45) is 4.26. The van der Waals surface area contributed by atoms with Gasteiger partial charge in [0.1, 0.15) is 72.8 Å². The first-order chi connectivity index (χ1) is 39.7. The molecule has 0 bridgehead atoms. The second-order valence-corrected chi connectivity index (χ2v) is 26.5. The van der Waals surface area contributed by atoms with E-state index in [0.29, 0.717) is 12.7 Å². The van der Waals surface area contributed by atoms with Crippen LogP contribution in [0.1, 0.15) is 157 Å². The van der Waals surface area contributed by atoms with Crippen molar-refractivity contribution in [2.24, 2.45) is 40.9 Å². The monoisotopic (exact) mass is 1210 g/mol. The third-order valence-corrected chi connectivity index (χ3v) is 16.7. The van der Waals surface area contributed by atoms with Crippen LogP contribution in [0, 0.1) is 40.9 Å². The van der Waals surface area contributed by atoms with Gasteiger partial charge in [0.15, 0.2) is 6.04 Å². The summed E-state index contributed by atoms with van der Waals surface area (Å²) in [5, 5.41) is 11.8. The van der Waals surface area contributed by atoms with Crippen molar-refractivity contribution in [1.82, 2.24) is 55.7 Å². The summed E-state index contributed by atoms with van der Waals surface area (Å²) < 4.78 is 0. The van der Waals surface area contributed by atoms with E-state index in [4.69, 9.17) is 4.84 Å². The Labute approximate surface area is 512 Å². The van der Waals surface area contributed by atoms with Crippen LogP contribution in [0.5, 0.6) is 0 Å². The summed E-state index contributed by atoms with van der Waals surface area (Å²) in [7, 11) is 8.39. The number of nitrogens with one attached hydrogen (secondary N) is 4. The number of hydrogen-bond donors (Lipinski definition) is 4. The summed E-state index contributed by atoms with van der Waals surface area (Å²) in [4.78, 5) is 187. The number of amides is 11. The second-order valence-electron chi connectivity index (χ2n) is 26.5. The SMILES string of the molecule is C/C=C/C[C@@H](C)[C@H]1ON2C(=O)[C@H](C(C)C)N(C)C(=O)[C@H](CC(C)C)N(C)C(=O)[C@H](CC(C)C)N(C)C(=O)[C@@H](C)NC(=O)[C@H](C)NC(=O)[C@H](CC(C)C)N(C)C(=O)[C@H](C(C)C)NC(=O)[C@H](C(C)(C)C=O)N(C)C(=O)[C@@H](C)N(C)C(=O)[C@H](CC)NC(=O)[C@H]12. The van der Waals surface area contributed by atoms with Gasteiger partial charge in [0.2, 0.25) is 59.1 Å². The Morgan fingerprint density at radius 1 is 0.512 bits per heavy atom. The zero-order valence-corrected chi connectivity index (χ0v) is 56.1. The summed E-state index contributed by atoms with van der Waals surface area (Å²) >= 11 is 0. The molecule has 488 valence electrons. The Morgan fingerprint density at radius 3 is 1.45 bits per heavy atom. The quantitative estimate of drug-likeness (QED) is 0.144. The third-order valence-electron chi connectivity index (χ3n) is 16.7. The number of likely N-dealkylation sites (N-methyl/N-ethyl adjacent to an activating group) is 6. The molecule has 0 aromatic heterocycles. The predicted octanol–water partition coefficient (Wildman–Crippen LogP) is 3.16. The zero-order chi connectivity index (χ0) is 66.5. The first-order valence-electron chi connectivity index (χ1n) is 30.6. The molecular formula is C62H107N11O13. The molecule has 2 aliphatic heterocycles. The number of rotatable bonds is 14. The van der Waals surface area contributed by atoms with Crippen molar-refractivity contribution in [3.8, 4) is 0 Å². The lowest BCUT2D eigenvalue weighted by molar-refractivity contribution is -0.321. The van der Waals surface area contributed by atoms with Gasteiger partial charge in [0.25, 0.3) is 5.91 Å². The van der Waals surface area contributed by atoms with Crippen molar-refractivity contribution in [3.63, 3.8) is 0 Å². The smallest absolute Gasteiger partial charge is 0.270 e. The molecular weight excluding hydrogens is 1110 g/mol. The van der Waals surface area contributed by atoms with Crippen molar-refractivity contribution < 1.29 is 62.4 Å². The number of hydroxylamine groups is 2. The summed E-state index contributed by atoms with van der Waals surface area (Å²) in [5.41, 5.74) is -1.58. The summed E-state index contributed by atoms with van der Waals surface area (Å²) in [6.45, 7) is 30.4. The van der Waals surface area contributed by atoms with E-state index in [1.807, 2.05) is 67.5 Å². The van der Waals surface area contributed by atoms with Crippen LogP contribution in [0.15, 0.2) is 12.2 Å². The minimum absolute atomic E-state index is 0.0261. The van der Waals surface area contributed by atoms with Gasteiger partial charge in [0, 0.05) is 47.7 Å². The number of nitrogens with zero attached hydrogens (tertiary/aromatic N) is 7. The number of aldehydes is 1. The van der Waals surface area contributed by atoms with Crippen molar-refractivity contribution in [2.75, 3.05) is 42.3 Å². The molecule has 0 radical (unpaired) electrons. The van der Waals surface area contributed by atoms with Crippen LogP contribution in [0.4, 0.5) is 0 Å². The topological polar surface area (TPSA) is 285 Å². The Balaban J connectivity index is 2.99. The van der Waals surface area contributed by atoms with Gasteiger partial charge in [-0.2, -0.15) is 0 Å². The fourth-order valence-corrected chi connectivity index (χ4v) is 11.1. The minimum Gasteiger partial charge on any atom is -0.343 e. The highest BCUT2D eigenvalue weighted by atomic mass is 16.7. The molecule has 24 nitrogen and oxygen atoms in total. The molecule has 2 aliphatic rings. The van der Waals surface area contributed by atoms with Crippen LogP contribution in [0.2, 0.25) is 0 Å². The van der Waals surface area contributed by atoms with Gasteiger partial charge in [0.05, 0.1) is 0 Å². The average molecular weight is 1210 g/mol. The molecule has 2 rings (SSSR count). The van der Waals surface area contributed by atoms with Gasteiger partial charge in [-0.3, -0.25) is 57.6 Å². The predicted molar refractivity (Wildman–Crippen MR) is 326 cm³/mol. The van der Waals surface area contributed by atoms with Gasteiger partial charge in [-0.1, -0.05) is 109 Å². The zero-order valence-electron chi connectivity index (χ0n) is 56.1. The normalized spacial score (nSPS) is 28.7. The van der Waals surface area contributed by atoms with Crippen LogP contribution >= 0.6 is 0 Å². The van der Waals surface area contributed by atoms with Crippen molar-refractivity contribution in [1.29, 1.82) is 0 Å². The van der Waals surface area contributed by atoms with E-state index in [9.17, 15) is 47.9 Å². The molecule has 0 spiro atoms. The van der Waals surface area contributed by atoms with E-state index in [1.165, 1.54) is 96.5 Å². The van der Waals surface area contributed by atoms with Crippen LogP contribution < -0.4 is 21.3 Å². The lowest BCUT2D eigenvalue weighted by Crippen LogP contribution is -2.72. The molecule has 2 fully saturated rings. The number of hydrogen-bond acceptors (Lipinski definition) is 13. The van der Waals surface area contributed by atoms with E-state index in [2.05, 4.69) is 21.3 Å². The molecule has 11 amide bonds. The number of allylic oxidation sites excluding steroid dienone is 2. The summed E-state index contributed by atoms with van der Waals surface area (Å²) in [5.74, 6) is -9.84. The Hall–Kier alpha value is -6.46. The minimum atomic E-state index is -1.58. The van der Waals surface area contributed by atoms with E-state index >= 15 is 9.59 Å². The molecule has 0 saturated carbocycles.